The number of aromatic nitrogens is 1. The summed E-state index contributed by atoms with van der Waals surface area (Å²) in [6, 6.07) is 0.315. The first kappa shape index (κ1) is 17.2. The number of thiazole rings is 1. The Balaban J connectivity index is 1.82. The van der Waals surface area contributed by atoms with Gasteiger partial charge in [-0.3, -0.25) is 4.90 Å². The van der Waals surface area contributed by atoms with E-state index in [1.54, 1.807) is 11.3 Å². The standard InChI is InChI=1S/C16H27N3O2S/c1-12(14-17-7-9-22-14)18(5)10-13-6-8-19(11-13)15(20)21-16(2,3)4/h7,9,12-13H,6,8,10-11H2,1-5H3/t12-,13+/m0/s1. The van der Waals surface area contributed by atoms with E-state index in [4.69, 9.17) is 4.74 Å². The van der Waals surface area contributed by atoms with Crippen LogP contribution in [0.5, 0.6) is 0 Å². The molecule has 0 N–H and O–H groups in total. The van der Waals surface area contributed by atoms with Gasteiger partial charge in [0.2, 0.25) is 0 Å². The van der Waals surface area contributed by atoms with E-state index in [1.165, 1.54) is 0 Å². The van der Waals surface area contributed by atoms with Crippen LogP contribution in [0.3, 0.4) is 0 Å². The van der Waals surface area contributed by atoms with Gasteiger partial charge in [-0.15, -0.1) is 11.3 Å². The Kier molecular flexibility index (Phi) is 5.45. The van der Waals surface area contributed by atoms with Crippen molar-refractivity contribution in [3.63, 3.8) is 0 Å². The van der Waals surface area contributed by atoms with E-state index < -0.39 is 5.60 Å². The average Bonchev–Trinajstić information content (AvgIpc) is 3.06. The fourth-order valence-corrected chi connectivity index (χ4v) is 3.43. The number of rotatable bonds is 4. The number of amides is 1. The second-order valence-electron chi connectivity index (χ2n) is 7.07. The zero-order chi connectivity index (χ0) is 16.3. The van der Waals surface area contributed by atoms with Gasteiger partial charge >= 0.3 is 6.09 Å². The second kappa shape index (κ2) is 6.96. The monoisotopic (exact) mass is 325 g/mol. The summed E-state index contributed by atoms with van der Waals surface area (Å²) in [7, 11) is 2.13. The Morgan fingerprint density at radius 3 is 2.91 bits per heavy atom. The Morgan fingerprint density at radius 1 is 1.59 bits per heavy atom. The maximum Gasteiger partial charge on any atom is 0.410 e. The normalized spacial score (nSPS) is 20.5. The first-order valence-corrected chi connectivity index (χ1v) is 8.72. The van der Waals surface area contributed by atoms with E-state index in [-0.39, 0.29) is 6.09 Å². The number of hydrogen-bond acceptors (Lipinski definition) is 5. The molecule has 2 atom stereocenters. The molecule has 1 aromatic heterocycles. The molecule has 1 fully saturated rings. The molecular formula is C16H27N3O2S. The van der Waals surface area contributed by atoms with Gasteiger partial charge in [0.1, 0.15) is 10.6 Å². The highest BCUT2D eigenvalue weighted by atomic mass is 32.1. The lowest BCUT2D eigenvalue weighted by Crippen LogP contribution is -2.36. The number of carbonyl (C=O) groups is 1. The smallest absolute Gasteiger partial charge is 0.410 e. The molecule has 1 saturated heterocycles. The Morgan fingerprint density at radius 2 is 2.32 bits per heavy atom. The second-order valence-corrected chi connectivity index (χ2v) is 7.99. The van der Waals surface area contributed by atoms with Crippen molar-refractivity contribution in [3.8, 4) is 0 Å². The van der Waals surface area contributed by atoms with Crippen molar-refractivity contribution in [3.05, 3.63) is 16.6 Å². The van der Waals surface area contributed by atoms with Gasteiger partial charge in [0, 0.05) is 31.2 Å². The van der Waals surface area contributed by atoms with Crippen molar-refractivity contribution < 1.29 is 9.53 Å². The van der Waals surface area contributed by atoms with Crippen LogP contribution < -0.4 is 0 Å². The molecule has 1 aliphatic heterocycles. The maximum atomic E-state index is 12.1. The minimum Gasteiger partial charge on any atom is -0.444 e. The minimum absolute atomic E-state index is 0.189. The first-order valence-electron chi connectivity index (χ1n) is 7.84. The van der Waals surface area contributed by atoms with Gasteiger partial charge in [0.15, 0.2) is 0 Å². The van der Waals surface area contributed by atoms with Crippen LogP contribution in [-0.4, -0.2) is 53.2 Å². The fourth-order valence-electron chi connectivity index (χ4n) is 2.67. The predicted octanol–water partition coefficient (Wildman–Crippen LogP) is 3.39. The van der Waals surface area contributed by atoms with Crippen LogP contribution in [0, 0.1) is 5.92 Å². The molecule has 2 heterocycles. The molecule has 0 radical (unpaired) electrons. The van der Waals surface area contributed by atoms with Crippen molar-refractivity contribution in [1.82, 2.24) is 14.8 Å². The predicted molar refractivity (Wildman–Crippen MR) is 89.1 cm³/mol. The van der Waals surface area contributed by atoms with E-state index in [1.807, 2.05) is 37.2 Å². The molecule has 124 valence electrons. The van der Waals surface area contributed by atoms with Crippen LogP contribution >= 0.6 is 11.3 Å². The summed E-state index contributed by atoms with van der Waals surface area (Å²) in [6.07, 6.45) is 2.70. The zero-order valence-electron chi connectivity index (χ0n) is 14.2. The molecule has 1 amide bonds. The average molecular weight is 325 g/mol. The molecule has 0 spiro atoms. The van der Waals surface area contributed by atoms with E-state index in [0.717, 1.165) is 31.1 Å². The molecule has 2 rings (SSSR count). The van der Waals surface area contributed by atoms with Crippen molar-refractivity contribution in [2.75, 3.05) is 26.7 Å². The number of hydrogen-bond donors (Lipinski definition) is 0. The van der Waals surface area contributed by atoms with Gasteiger partial charge in [0.25, 0.3) is 0 Å². The quantitative estimate of drug-likeness (QED) is 0.851. The van der Waals surface area contributed by atoms with Crippen LogP contribution in [0.4, 0.5) is 4.79 Å². The number of ether oxygens (including phenoxy) is 1. The molecular weight excluding hydrogens is 298 g/mol. The summed E-state index contributed by atoms with van der Waals surface area (Å²) in [5.74, 6) is 0.500. The van der Waals surface area contributed by atoms with E-state index in [0.29, 0.717) is 12.0 Å². The highest BCUT2D eigenvalue weighted by Gasteiger charge is 2.31. The molecule has 0 unspecified atom stereocenters. The first-order chi connectivity index (χ1) is 10.3. The van der Waals surface area contributed by atoms with Gasteiger partial charge < -0.3 is 9.64 Å². The van der Waals surface area contributed by atoms with Crippen LogP contribution in [0.15, 0.2) is 11.6 Å². The van der Waals surface area contributed by atoms with Crippen LogP contribution in [0.25, 0.3) is 0 Å². The van der Waals surface area contributed by atoms with Crippen LogP contribution in [-0.2, 0) is 4.74 Å². The highest BCUT2D eigenvalue weighted by Crippen LogP contribution is 2.25. The number of likely N-dealkylation sites (tertiary alicyclic amines) is 1. The molecule has 0 aromatic carbocycles. The number of nitrogens with zero attached hydrogens (tertiary/aromatic N) is 3. The van der Waals surface area contributed by atoms with Crippen molar-refractivity contribution in [1.29, 1.82) is 0 Å². The summed E-state index contributed by atoms with van der Waals surface area (Å²) < 4.78 is 5.45. The summed E-state index contributed by atoms with van der Waals surface area (Å²) >= 11 is 1.69. The highest BCUT2D eigenvalue weighted by molar-refractivity contribution is 7.09. The van der Waals surface area contributed by atoms with Crippen LogP contribution in [0.1, 0.15) is 45.2 Å². The van der Waals surface area contributed by atoms with Crippen LogP contribution in [0.2, 0.25) is 0 Å². The van der Waals surface area contributed by atoms with E-state index in [2.05, 4.69) is 23.9 Å². The van der Waals surface area contributed by atoms with Crippen molar-refractivity contribution >= 4 is 17.4 Å². The minimum atomic E-state index is -0.425. The third kappa shape index (κ3) is 4.68. The van der Waals surface area contributed by atoms with Crippen molar-refractivity contribution in [2.24, 2.45) is 5.92 Å². The van der Waals surface area contributed by atoms with E-state index >= 15 is 0 Å². The lowest BCUT2D eigenvalue weighted by atomic mass is 10.1. The van der Waals surface area contributed by atoms with Gasteiger partial charge in [-0.05, 0) is 47.1 Å². The Labute approximate surface area is 137 Å². The molecule has 22 heavy (non-hydrogen) atoms. The van der Waals surface area contributed by atoms with Gasteiger partial charge in [-0.25, -0.2) is 9.78 Å². The molecule has 0 saturated carbocycles. The van der Waals surface area contributed by atoms with Gasteiger partial charge in [-0.2, -0.15) is 0 Å². The SMILES string of the molecule is C[C@@H](c1nccs1)N(C)C[C@H]1CCN(C(=O)OC(C)(C)C)C1. The molecule has 0 aliphatic carbocycles. The molecule has 0 bridgehead atoms. The lowest BCUT2D eigenvalue weighted by Gasteiger charge is -2.27. The third-order valence-electron chi connectivity index (χ3n) is 3.95. The van der Waals surface area contributed by atoms with Gasteiger partial charge in [0.05, 0.1) is 6.04 Å². The lowest BCUT2D eigenvalue weighted by molar-refractivity contribution is 0.0285. The molecule has 1 aromatic rings. The molecule has 6 heteroatoms. The summed E-state index contributed by atoms with van der Waals surface area (Å²) in [6.45, 7) is 10.4. The maximum absolute atomic E-state index is 12.1. The summed E-state index contributed by atoms with van der Waals surface area (Å²) in [5.41, 5.74) is -0.425. The summed E-state index contributed by atoms with van der Waals surface area (Å²) in [4.78, 5) is 20.6. The topological polar surface area (TPSA) is 45.7 Å². The van der Waals surface area contributed by atoms with Gasteiger partial charge in [-0.1, -0.05) is 0 Å². The summed E-state index contributed by atoms with van der Waals surface area (Å²) in [5, 5.41) is 3.16. The van der Waals surface area contributed by atoms with Crippen molar-refractivity contribution in [2.45, 2.75) is 45.8 Å². The Bertz CT molecular complexity index is 484. The van der Waals surface area contributed by atoms with E-state index in [9.17, 15) is 4.79 Å². The molecule has 5 nitrogen and oxygen atoms in total. The third-order valence-corrected chi connectivity index (χ3v) is 4.90. The largest absolute Gasteiger partial charge is 0.444 e. The number of carbonyl (C=O) groups excluding carboxylic acids is 1. The zero-order valence-corrected chi connectivity index (χ0v) is 15.0. The molecule has 1 aliphatic rings. The Hall–Kier alpha value is -1.14. The fraction of sp³-hybridized carbons (Fsp3) is 0.750.